The van der Waals surface area contributed by atoms with Gasteiger partial charge in [0.25, 0.3) is 5.91 Å². The second-order valence-electron chi connectivity index (χ2n) is 5.70. The molecule has 0 aromatic heterocycles. The summed E-state index contributed by atoms with van der Waals surface area (Å²) in [7, 11) is 0. The number of hydrogen-bond acceptors (Lipinski definition) is 4. The van der Waals surface area contributed by atoms with Crippen LogP contribution in [0.4, 0.5) is 17.1 Å². The molecule has 130 valence electrons. The Morgan fingerprint density at radius 2 is 1.54 bits per heavy atom. The molecule has 0 saturated heterocycles. The first-order valence-corrected chi connectivity index (χ1v) is 8.39. The molecule has 0 saturated carbocycles. The fourth-order valence-corrected chi connectivity index (χ4v) is 2.84. The van der Waals surface area contributed by atoms with Crippen LogP contribution in [0.25, 0.3) is 0 Å². The summed E-state index contributed by atoms with van der Waals surface area (Å²) in [6.45, 7) is 0.249. The van der Waals surface area contributed by atoms with Gasteiger partial charge in [-0.2, -0.15) is 0 Å². The molecule has 0 radical (unpaired) electrons. The number of carbonyl (C=O) groups excluding carboxylic acids is 1. The maximum Gasteiger partial charge on any atom is 0.257 e. The van der Waals surface area contributed by atoms with Gasteiger partial charge in [0.1, 0.15) is 0 Å². The molecule has 0 aliphatic carbocycles. The highest BCUT2D eigenvalue weighted by Gasteiger charge is 2.13. The van der Waals surface area contributed by atoms with Crippen LogP contribution < -0.4 is 20.1 Å². The molecule has 1 heterocycles. The Hall–Kier alpha value is -3.18. The zero-order valence-electron chi connectivity index (χ0n) is 13.7. The summed E-state index contributed by atoms with van der Waals surface area (Å²) < 4.78 is 10.7. The lowest BCUT2D eigenvalue weighted by molar-refractivity contribution is 0.102. The van der Waals surface area contributed by atoms with Crippen molar-refractivity contribution in [2.75, 3.05) is 17.4 Å². The van der Waals surface area contributed by atoms with Crippen LogP contribution in [0, 0.1) is 0 Å². The van der Waals surface area contributed by atoms with Gasteiger partial charge < -0.3 is 20.1 Å². The Bertz CT molecular complexity index is 958. The fraction of sp³-hybridized carbons (Fsp3) is 0.0500. The predicted octanol–water partition coefficient (Wildman–Crippen LogP) is 5.06. The van der Waals surface area contributed by atoms with Gasteiger partial charge in [-0.05, 0) is 48.5 Å². The van der Waals surface area contributed by atoms with Gasteiger partial charge in [0.15, 0.2) is 11.5 Å². The lowest BCUT2D eigenvalue weighted by Gasteiger charge is -2.10. The molecule has 0 fully saturated rings. The molecule has 0 spiro atoms. The first-order chi connectivity index (χ1) is 12.7. The van der Waals surface area contributed by atoms with Crippen LogP contribution in [-0.2, 0) is 0 Å². The average Bonchev–Trinajstić information content (AvgIpc) is 3.11. The van der Waals surface area contributed by atoms with Crippen molar-refractivity contribution in [3.05, 3.63) is 77.3 Å². The molecule has 1 aliphatic rings. The number of fused-ring (bicyclic) bond motifs is 1. The molecule has 6 heteroatoms. The second kappa shape index (κ2) is 6.98. The van der Waals surface area contributed by atoms with Gasteiger partial charge >= 0.3 is 0 Å². The third-order valence-electron chi connectivity index (χ3n) is 3.92. The molecular weight excluding hydrogens is 352 g/mol. The second-order valence-corrected chi connectivity index (χ2v) is 6.11. The molecule has 2 N–H and O–H groups in total. The number of hydrogen-bond donors (Lipinski definition) is 2. The topological polar surface area (TPSA) is 59.6 Å². The number of benzene rings is 3. The van der Waals surface area contributed by atoms with E-state index in [-0.39, 0.29) is 12.7 Å². The number of amides is 1. The van der Waals surface area contributed by atoms with Crippen LogP contribution in [0.5, 0.6) is 11.5 Å². The van der Waals surface area contributed by atoms with Gasteiger partial charge in [-0.1, -0.05) is 23.7 Å². The lowest BCUT2D eigenvalue weighted by Crippen LogP contribution is -2.12. The van der Waals surface area contributed by atoms with E-state index in [1.54, 1.807) is 24.3 Å². The van der Waals surface area contributed by atoms with E-state index in [4.69, 9.17) is 21.1 Å². The summed E-state index contributed by atoms with van der Waals surface area (Å²) in [5, 5.41) is 6.54. The molecule has 0 bridgehead atoms. The average molecular weight is 367 g/mol. The summed E-state index contributed by atoms with van der Waals surface area (Å²) in [6, 6.07) is 20.0. The zero-order valence-corrected chi connectivity index (χ0v) is 14.4. The van der Waals surface area contributed by atoms with Crippen molar-refractivity contribution < 1.29 is 14.3 Å². The smallest absolute Gasteiger partial charge is 0.257 e. The predicted molar refractivity (Wildman–Crippen MR) is 102 cm³/mol. The van der Waals surface area contributed by atoms with Crippen LogP contribution in [0.3, 0.4) is 0 Å². The molecule has 3 aromatic carbocycles. The third kappa shape index (κ3) is 3.43. The maximum absolute atomic E-state index is 12.3. The summed E-state index contributed by atoms with van der Waals surface area (Å²) in [5.74, 6) is 1.22. The van der Waals surface area contributed by atoms with Gasteiger partial charge in [0.2, 0.25) is 6.79 Å². The largest absolute Gasteiger partial charge is 0.454 e. The van der Waals surface area contributed by atoms with E-state index in [0.717, 1.165) is 22.9 Å². The Morgan fingerprint density at radius 1 is 0.846 bits per heavy atom. The van der Waals surface area contributed by atoms with Gasteiger partial charge in [0.05, 0.1) is 10.6 Å². The molecule has 0 atom stereocenters. The lowest BCUT2D eigenvalue weighted by atomic mass is 10.2. The van der Waals surface area contributed by atoms with Gasteiger partial charge in [-0.15, -0.1) is 0 Å². The highest BCUT2D eigenvalue weighted by atomic mass is 35.5. The van der Waals surface area contributed by atoms with Crippen molar-refractivity contribution in [2.45, 2.75) is 0 Å². The molecule has 3 aromatic rings. The van der Waals surface area contributed by atoms with Gasteiger partial charge in [-0.3, -0.25) is 4.79 Å². The van der Waals surface area contributed by atoms with E-state index >= 15 is 0 Å². The third-order valence-corrected chi connectivity index (χ3v) is 4.25. The Balaban J connectivity index is 1.44. The maximum atomic E-state index is 12.3. The minimum Gasteiger partial charge on any atom is -0.454 e. The number of halogens is 1. The monoisotopic (exact) mass is 366 g/mol. The quantitative estimate of drug-likeness (QED) is 0.677. The van der Waals surface area contributed by atoms with Gasteiger partial charge in [-0.25, -0.2) is 0 Å². The highest BCUT2D eigenvalue weighted by Crippen LogP contribution is 2.35. The molecule has 4 rings (SSSR count). The molecular formula is C20H15ClN2O3. The highest BCUT2D eigenvalue weighted by molar-refractivity contribution is 6.34. The Kier molecular flexibility index (Phi) is 4.37. The Morgan fingerprint density at radius 3 is 2.35 bits per heavy atom. The standard InChI is InChI=1S/C20H15ClN2O3/c21-17-4-2-1-3-16(17)20(24)23-14-7-5-13(6-8-14)22-15-9-10-18-19(11-15)26-12-25-18/h1-11,22H,12H2,(H,23,24). The number of rotatable bonds is 4. The van der Waals surface area contributed by atoms with E-state index in [1.165, 1.54) is 0 Å². The van der Waals surface area contributed by atoms with Crippen LogP contribution in [-0.4, -0.2) is 12.7 Å². The number of ether oxygens (including phenoxy) is 2. The molecule has 26 heavy (non-hydrogen) atoms. The minimum absolute atomic E-state index is 0.243. The fourth-order valence-electron chi connectivity index (χ4n) is 2.62. The van der Waals surface area contributed by atoms with Crippen molar-refractivity contribution in [3.8, 4) is 11.5 Å². The SMILES string of the molecule is O=C(Nc1ccc(Nc2ccc3c(c2)OCO3)cc1)c1ccccc1Cl. The van der Waals surface area contributed by atoms with E-state index < -0.39 is 0 Å². The van der Waals surface area contributed by atoms with Crippen LogP contribution in [0.15, 0.2) is 66.7 Å². The van der Waals surface area contributed by atoms with Crippen LogP contribution >= 0.6 is 11.6 Å². The number of nitrogens with one attached hydrogen (secondary N) is 2. The molecule has 5 nitrogen and oxygen atoms in total. The molecule has 0 unspecified atom stereocenters. The van der Waals surface area contributed by atoms with Crippen molar-refractivity contribution in [2.24, 2.45) is 0 Å². The van der Waals surface area contributed by atoms with Crippen molar-refractivity contribution in [3.63, 3.8) is 0 Å². The summed E-state index contributed by atoms with van der Waals surface area (Å²) in [5.41, 5.74) is 2.91. The molecule has 1 aliphatic heterocycles. The zero-order chi connectivity index (χ0) is 17.9. The summed E-state index contributed by atoms with van der Waals surface area (Å²) in [4.78, 5) is 12.3. The normalized spacial score (nSPS) is 11.9. The van der Waals surface area contributed by atoms with Crippen LogP contribution in [0.2, 0.25) is 5.02 Å². The van der Waals surface area contributed by atoms with E-state index in [1.807, 2.05) is 42.5 Å². The summed E-state index contributed by atoms with van der Waals surface area (Å²) >= 11 is 6.05. The van der Waals surface area contributed by atoms with Crippen molar-refractivity contribution in [1.82, 2.24) is 0 Å². The van der Waals surface area contributed by atoms with Crippen molar-refractivity contribution >= 4 is 34.6 Å². The van der Waals surface area contributed by atoms with E-state index in [9.17, 15) is 4.79 Å². The molecule has 1 amide bonds. The summed E-state index contributed by atoms with van der Waals surface area (Å²) in [6.07, 6.45) is 0. The number of anilines is 3. The van der Waals surface area contributed by atoms with E-state index in [0.29, 0.717) is 16.3 Å². The Labute approximate surface area is 155 Å². The first kappa shape index (κ1) is 16.3. The minimum atomic E-state index is -0.243. The van der Waals surface area contributed by atoms with Gasteiger partial charge in [0, 0.05) is 23.1 Å². The van der Waals surface area contributed by atoms with Crippen molar-refractivity contribution in [1.29, 1.82) is 0 Å². The first-order valence-electron chi connectivity index (χ1n) is 8.02. The van der Waals surface area contributed by atoms with Crippen LogP contribution in [0.1, 0.15) is 10.4 Å². The number of carbonyl (C=O) groups is 1. The van der Waals surface area contributed by atoms with E-state index in [2.05, 4.69) is 10.6 Å².